The van der Waals surface area contributed by atoms with Crippen molar-refractivity contribution in [3.8, 4) is 11.5 Å². The highest BCUT2D eigenvalue weighted by atomic mass is 35.5. The van der Waals surface area contributed by atoms with E-state index >= 15 is 0 Å². The van der Waals surface area contributed by atoms with Crippen LogP contribution in [0.1, 0.15) is 16.5 Å². The van der Waals surface area contributed by atoms with Gasteiger partial charge in [-0.25, -0.2) is 8.78 Å². The first kappa shape index (κ1) is 14.6. The Morgan fingerprint density at radius 1 is 0.950 bits per heavy atom. The van der Waals surface area contributed by atoms with Gasteiger partial charge in [-0.2, -0.15) is 0 Å². The fraction of sp³-hybridized carbons (Fsp3) is 0.200. The van der Waals surface area contributed by atoms with E-state index < -0.39 is 17.0 Å². The smallest absolute Gasteiger partial charge is 0.165 e. The van der Waals surface area contributed by atoms with E-state index in [1.165, 1.54) is 50.6 Å². The van der Waals surface area contributed by atoms with Gasteiger partial charge in [-0.05, 0) is 35.9 Å². The van der Waals surface area contributed by atoms with E-state index in [1.54, 1.807) is 0 Å². The fourth-order valence-corrected chi connectivity index (χ4v) is 2.22. The number of hydrogen-bond donors (Lipinski definition) is 0. The van der Waals surface area contributed by atoms with Crippen molar-refractivity contribution in [1.29, 1.82) is 0 Å². The summed E-state index contributed by atoms with van der Waals surface area (Å²) in [6, 6.07) is 8.36. The molecule has 0 aliphatic rings. The van der Waals surface area contributed by atoms with E-state index in [1.807, 2.05) is 0 Å². The zero-order chi connectivity index (χ0) is 14.7. The molecule has 1 atom stereocenters. The zero-order valence-electron chi connectivity index (χ0n) is 11.0. The molecule has 1 unspecified atom stereocenters. The number of hydrogen-bond acceptors (Lipinski definition) is 2. The van der Waals surface area contributed by atoms with E-state index in [2.05, 4.69) is 0 Å². The normalized spacial score (nSPS) is 12.1. The van der Waals surface area contributed by atoms with Gasteiger partial charge in [0.25, 0.3) is 0 Å². The molecule has 0 fully saturated rings. The summed E-state index contributed by atoms with van der Waals surface area (Å²) in [6.07, 6.45) is 0. The predicted octanol–water partition coefficient (Wildman–Crippen LogP) is 4.31. The van der Waals surface area contributed by atoms with Crippen LogP contribution in [-0.4, -0.2) is 14.2 Å². The summed E-state index contributed by atoms with van der Waals surface area (Å²) >= 11 is 6.34. The molecule has 0 bridgehead atoms. The van der Waals surface area contributed by atoms with Crippen LogP contribution >= 0.6 is 11.6 Å². The lowest BCUT2D eigenvalue weighted by Crippen LogP contribution is -1.99. The highest BCUT2D eigenvalue weighted by molar-refractivity contribution is 6.22. The Labute approximate surface area is 120 Å². The van der Waals surface area contributed by atoms with Crippen LogP contribution in [-0.2, 0) is 0 Å². The molecule has 20 heavy (non-hydrogen) atoms. The number of methoxy groups -OCH3 is 2. The molecule has 0 amide bonds. The van der Waals surface area contributed by atoms with Gasteiger partial charge in [0, 0.05) is 5.56 Å². The molecule has 0 N–H and O–H groups in total. The largest absolute Gasteiger partial charge is 0.496 e. The van der Waals surface area contributed by atoms with E-state index in [0.29, 0.717) is 16.9 Å². The zero-order valence-corrected chi connectivity index (χ0v) is 11.7. The molecule has 0 saturated carbocycles. The second-order valence-corrected chi connectivity index (χ2v) is 4.58. The molecule has 106 valence electrons. The molecule has 2 aromatic rings. The first-order valence-corrected chi connectivity index (χ1v) is 6.31. The Balaban J connectivity index is 2.45. The van der Waals surface area contributed by atoms with Crippen LogP contribution in [0.3, 0.4) is 0 Å². The third kappa shape index (κ3) is 2.85. The quantitative estimate of drug-likeness (QED) is 0.783. The summed E-state index contributed by atoms with van der Waals surface area (Å²) in [5, 5.41) is -0.671. The first-order valence-electron chi connectivity index (χ1n) is 5.87. The molecule has 0 radical (unpaired) electrons. The van der Waals surface area contributed by atoms with Crippen molar-refractivity contribution >= 4 is 11.6 Å². The second-order valence-electron chi connectivity index (χ2n) is 4.14. The van der Waals surface area contributed by atoms with Crippen LogP contribution in [0.5, 0.6) is 11.5 Å². The Kier molecular flexibility index (Phi) is 4.45. The van der Waals surface area contributed by atoms with E-state index in [9.17, 15) is 8.78 Å². The summed E-state index contributed by atoms with van der Waals surface area (Å²) in [5.74, 6) is -0.343. The van der Waals surface area contributed by atoms with Crippen LogP contribution in [0.4, 0.5) is 8.78 Å². The van der Waals surface area contributed by atoms with Gasteiger partial charge in [-0.1, -0.05) is 6.07 Å². The lowest BCUT2D eigenvalue weighted by Gasteiger charge is -2.15. The minimum atomic E-state index is -0.671. The number of alkyl halides is 1. The van der Waals surface area contributed by atoms with Crippen LogP contribution < -0.4 is 9.47 Å². The minimum Gasteiger partial charge on any atom is -0.496 e. The summed E-state index contributed by atoms with van der Waals surface area (Å²) in [4.78, 5) is 0. The number of ether oxygens (including phenoxy) is 2. The van der Waals surface area contributed by atoms with Crippen molar-refractivity contribution in [2.45, 2.75) is 5.38 Å². The average Bonchev–Trinajstić information content (AvgIpc) is 2.47. The third-order valence-electron chi connectivity index (χ3n) is 2.93. The highest BCUT2D eigenvalue weighted by Crippen LogP contribution is 2.37. The standard InChI is InChI=1S/C15H13ClF2O2/c1-19-13-6-4-10(17)8-11(13)15(16)9-3-5-12(18)14(7-9)20-2/h3-8,15H,1-2H3. The van der Waals surface area contributed by atoms with E-state index in [0.717, 1.165) is 0 Å². The number of rotatable bonds is 4. The van der Waals surface area contributed by atoms with Gasteiger partial charge in [0.2, 0.25) is 0 Å². The molecular weight excluding hydrogens is 286 g/mol. The molecule has 2 aromatic carbocycles. The van der Waals surface area contributed by atoms with Crippen molar-refractivity contribution in [1.82, 2.24) is 0 Å². The Hall–Kier alpha value is -1.81. The van der Waals surface area contributed by atoms with Gasteiger partial charge >= 0.3 is 0 Å². The Morgan fingerprint density at radius 2 is 1.65 bits per heavy atom. The minimum absolute atomic E-state index is 0.0866. The molecule has 0 aliphatic heterocycles. The lowest BCUT2D eigenvalue weighted by atomic mass is 10.0. The Morgan fingerprint density at radius 3 is 2.30 bits per heavy atom. The van der Waals surface area contributed by atoms with Gasteiger partial charge in [-0.3, -0.25) is 0 Å². The number of halogens is 3. The van der Waals surface area contributed by atoms with Crippen LogP contribution in [0.25, 0.3) is 0 Å². The predicted molar refractivity (Wildman–Crippen MR) is 73.6 cm³/mol. The second kappa shape index (κ2) is 6.09. The van der Waals surface area contributed by atoms with E-state index in [4.69, 9.17) is 21.1 Å². The van der Waals surface area contributed by atoms with Gasteiger partial charge in [0.15, 0.2) is 11.6 Å². The van der Waals surface area contributed by atoms with Crippen molar-refractivity contribution < 1.29 is 18.3 Å². The molecule has 5 heteroatoms. The molecule has 0 heterocycles. The lowest BCUT2D eigenvalue weighted by molar-refractivity contribution is 0.386. The molecule has 0 saturated heterocycles. The van der Waals surface area contributed by atoms with Gasteiger partial charge < -0.3 is 9.47 Å². The van der Waals surface area contributed by atoms with Crippen LogP contribution in [0.15, 0.2) is 36.4 Å². The molecule has 2 rings (SSSR count). The summed E-state index contributed by atoms with van der Waals surface area (Å²) in [5.41, 5.74) is 1.07. The maximum absolute atomic E-state index is 13.4. The van der Waals surface area contributed by atoms with Gasteiger partial charge in [-0.15, -0.1) is 11.6 Å². The molecular formula is C15H13ClF2O2. The van der Waals surface area contributed by atoms with Crippen molar-refractivity contribution in [3.63, 3.8) is 0 Å². The van der Waals surface area contributed by atoms with Crippen LogP contribution in [0, 0.1) is 11.6 Å². The number of benzene rings is 2. The van der Waals surface area contributed by atoms with Crippen LogP contribution in [0.2, 0.25) is 0 Å². The SMILES string of the molecule is COc1cc(C(Cl)c2cc(F)ccc2OC)ccc1F. The Bertz CT molecular complexity index is 617. The van der Waals surface area contributed by atoms with Gasteiger partial charge in [0.05, 0.1) is 19.6 Å². The summed E-state index contributed by atoms with van der Waals surface area (Å²) in [7, 11) is 2.85. The monoisotopic (exact) mass is 298 g/mol. The van der Waals surface area contributed by atoms with Gasteiger partial charge in [0.1, 0.15) is 11.6 Å². The maximum atomic E-state index is 13.4. The highest BCUT2D eigenvalue weighted by Gasteiger charge is 2.18. The first-order chi connectivity index (χ1) is 9.56. The molecule has 0 aliphatic carbocycles. The summed E-state index contributed by atoms with van der Waals surface area (Å²) in [6.45, 7) is 0. The molecule has 0 spiro atoms. The van der Waals surface area contributed by atoms with Crippen molar-refractivity contribution in [2.75, 3.05) is 14.2 Å². The summed E-state index contributed by atoms with van der Waals surface area (Å²) < 4.78 is 36.8. The molecule has 0 aromatic heterocycles. The average molecular weight is 299 g/mol. The molecule has 2 nitrogen and oxygen atoms in total. The van der Waals surface area contributed by atoms with Crippen molar-refractivity contribution in [3.05, 3.63) is 59.2 Å². The maximum Gasteiger partial charge on any atom is 0.165 e. The third-order valence-corrected chi connectivity index (χ3v) is 3.42. The fourth-order valence-electron chi connectivity index (χ4n) is 1.92. The van der Waals surface area contributed by atoms with E-state index in [-0.39, 0.29) is 5.75 Å². The topological polar surface area (TPSA) is 18.5 Å². The van der Waals surface area contributed by atoms with Crippen molar-refractivity contribution in [2.24, 2.45) is 0 Å².